The standard InChI is InChI=1S/C15H14Cl2N4O2/c16-11-2-1-9(5-12(11)17)23-10-3-4-21(8-10)14-7-19-6-13(20-14)15(18)22/h1-2,5-7,10H,3-4,8H2,(H2,18,22). The molecule has 1 amide bonds. The van der Waals surface area contributed by atoms with Crippen molar-refractivity contribution in [3.63, 3.8) is 0 Å². The summed E-state index contributed by atoms with van der Waals surface area (Å²) in [5.74, 6) is 0.687. The van der Waals surface area contributed by atoms with Gasteiger partial charge in [-0.1, -0.05) is 23.2 Å². The normalized spacial score (nSPS) is 17.3. The predicted octanol–water partition coefficient (Wildman–Crippen LogP) is 2.54. The summed E-state index contributed by atoms with van der Waals surface area (Å²) < 4.78 is 5.92. The van der Waals surface area contributed by atoms with Gasteiger partial charge in [-0.15, -0.1) is 0 Å². The topological polar surface area (TPSA) is 81.3 Å². The molecule has 120 valence electrons. The second-order valence-electron chi connectivity index (χ2n) is 5.18. The lowest BCUT2D eigenvalue weighted by Gasteiger charge is -2.18. The van der Waals surface area contributed by atoms with Gasteiger partial charge in [0.2, 0.25) is 0 Å². The molecule has 6 nitrogen and oxygen atoms in total. The Bertz CT molecular complexity index is 741. The number of nitrogens with zero attached hydrogens (tertiary/aromatic N) is 3. The summed E-state index contributed by atoms with van der Waals surface area (Å²) in [5, 5.41) is 0.949. The second-order valence-corrected chi connectivity index (χ2v) is 5.99. The maximum absolute atomic E-state index is 11.2. The van der Waals surface area contributed by atoms with E-state index in [0.29, 0.717) is 28.2 Å². The van der Waals surface area contributed by atoms with Gasteiger partial charge in [0.25, 0.3) is 5.91 Å². The summed E-state index contributed by atoms with van der Waals surface area (Å²) in [5.41, 5.74) is 5.38. The van der Waals surface area contributed by atoms with Crippen LogP contribution in [-0.2, 0) is 0 Å². The highest BCUT2D eigenvalue weighted by Crippen LogP contribution is 2.28. The zero-order valence-electron chi connectivity index (χ0n) is 12.1. The maximum atomic E-state index is 11.2. The number of halogens is 2. The number of carbonyl (C=O) groups excluding carboxylic acids is 1. The molecular weight excluding hydrogens is 339 g/mol. The molecule has 1 atom stereocenters. The molecule has 0 radical (unpaired) electrons. The Morgan fingerprint density at radius 2 is 2.13 bits per heavy atom. The van der Waals surface area contributed by atoms with Crippen LogP contribution >= 0.6 is 23.2 Å². The van der Waals surface area contributed by atoms with Crippen LogP contribution < -0.4 is 15.4 Å². The Hall–Kier alpha value is -2.05. The molecule has 1 unspecified atom stereocenters. The number of hydrogen-bond donors (Lipinski definition) is 1. The molecule has 1 saturated heterocycles. The third-order valence-electron chi connectivity index (χ3n) is 3.54. The number of ether oxygens (including phenoxy) is 1. The van der Waals surface area contributed by atoms with Crippen LogP contribution in [0.25, 0.3) is 0 Å². The molecule has 1 aromatic heterocycles. The van der Waals surface area contributed by atoms with Crippen molar-refractivity contribution < 1.29 is 9.53 Å². The molecule has 8 heteroatoms. The van der Waals surface area contributed by atoms with Crippen LogP contribution in [0.5, 0.6) is 5.75 Å². The quantitative estimate of drug-likeness (QED) is 0.914. The van der Waals surface area contributed by atoms with Gasteiger partial charge in [-0.25, -0.2) is 4.98 Å². The highest BCUT2D eigenvalue weighted by Gasteiger charge is 2.25. The molecule has 3 rings (SSSR count). The molecule has 1 fully saturated rings. The van der Waals surface area contributed by atoms with Crippen LogP contribution in [0, 0.1) is 0 Å². The largest absolute Gasteiger partial charge is 0.488 e. The molecule has 23 heavy (non-hydrogen) atoms. The van der Waals surface area contributed by atoms with E-state index in [9.17, 15) is 4.79 Å². The molecule has 2 heterocycles. The van der Waals surface area contributed by atoms with E-state index < -0.39 is 5.91 Å². The van der Waals surface area contributed by atoms with Crippen molar-refractivity contribution in [3.8, 4) is 5.75 Å². The van der Waals surface area contributed by atoms with Crippen LogP contribution in [-0.4, -0.2) is 35.1 Å². The number of nitrogens with two attached hydrogens (primary N) is 1. The predicted molar refractivity (Wildman–Crippen MR) is 88.3 cm³/mol. The Labute approximate surface area is 143 Å². The highest BCUT2D eigenvalue weighted by atomic mass is 35.5. The van der Waals surface area contributed by atoms with E-state index in [0.717, 1.165) is 13.0 Å². The first-order valence-electron chi connectivity index (χ1n) is 7.01. The summed E-state index contributed by atoms with van der Waals surface area (Å²) in [6, 6.07) is 5.18. The first-order chi connectivity index (χ1) is 11.0. The lowest BCUT2D eigenvalue weighted by Crippen LogP contribution is -2.26. The highest BCUT2D eigenvalue weighted by molar-refractivity contribution is 6.42. The van der Waals surface area contributed by atoms with E-state index in [4.69, 9.17) is 33.7 Å². The van der Waals surface area contributed by atoms with Crippen LogP contribution in [0.2, 0.25) is 10.0 Å². The summed E-state index contributed by atoms with van der Waals surface area (Å²) in [7, 11) is 0. The van der Waals surface area contributed by atoms with Crippen LogP contribution in [0.3, 0.4) is 0 Å². The van der Waals surface area contributed by atoms with Gasteiger partial charge < -0.3 is 15.4 Å². The van der Waals surface area contributed by atoms with Crippen molar-refractivity contribution in [1.82, 2.24) is 9.97 Å². The fourth-order valence-corrected chi connectivity index (χ4v) is 2.69. The zero-order chi connectivity index (χ0) is 16.4. The van der Waals surface area contributed by atoms with E-state index >= 15 is 0 Å². The summed E-state index contributed by atoms with van der Waals surface area (Å²) in [4.78, 5) is 21.4. The lowest BCUT2D eigenvalue weighted by atomic mass is 10.3. The molecule has 1 aliphatic rings. The van der Waals surface area contributed by atoms with E-state index in [2.05, 4.69) is 9.97 Å². The first kappa shape index (κ1) is 15.8. The maximum Gasteiger partial charge on any atom is 0.268 e. The lowest BCUT2D eigenvalue weighted by molar-refractivity contribution is 0.0995. The van der Waals surface area contributed by atoms with Gasteiger partial charge in [-0.2, -0.15) is 0 Å². The van der Waals surface area contributed by atoms with Gasteiger partial charge in [0, 0.05) is 19.0 Å². The molecule has 0 aliphatic carbocycles. The monoisotopic (exact) mass is 352 g/mol. The summed E-state index contributed by atoms with van der Waals surface area (Å²) in [6.45, 7) is 1.39. The smallest absolute Gasteiger partial charge is 0.268 e. The summed E-state index contributed by atoms with van der Waals surface area (Å²) in [6.07, 6.45) is 3.77. The number of benzene rings is 1. The third-order valence-corrected chi connectivity index (χ3v) is 4.28. The Morgan fingerprint density at radius 1 is 1.30 bits per heavy atom. The second kappa shape index (κ2) is 6.60. The van der Waals surface area contributed by atoms with E-state index in [-0.39, 0.29) is 11.8 Å². The SMILES string of the molecule is NC(=O)c1cncc(N2CCC(Oc3ccc(Cl)c(Cl)c3)C2)n1. The van der Waals surface area contributed by atoms with Gasteiger partial charge in [0.1, 0.15) is 23.4 Å². The van der Waals surface area contributed by atoms with Gasteiger partial charge >= 0.3 is 0 Å². The average Bonchev–Trinajstić information content (AvgIpc) is 2.99. The fourth-order valence-electron chi connectivity index (χ4n) is 2.40. The minimum Gasteiger partial charge on any atom is -0.488 e. The minimum atomic E-state index is -0.595. The van der Waals surface area contributed by atoms with E-state index in [1.54, 1.807) is 24.4 Å². The van der Waals surface area contributed by atoms with Gasteiger partial charge in [0.15, 0.2) is 0 Å². The molecule has 1 aliphatic heterocycles. The number of hydrogen-bond acceptors (Lipinski definition) is 5. The van der Waals surface area contributed by atoms with Crippen molar-refractivity contribution in [2.45, 2.75) is 12.5 Å². The molecule has 2 aromatic rings. The van der Waals surface area contributed by atoms with E-state index in [1.165, 1.54) is 6.20 Å². The molecule has 0 bridgehead atoms. The molecule has 0 spiro atoms. The van der Waals surface area contributed by atoms with Gasteiger partial charge in [-0.3, -0.25) is 9.78 Å². The average molecular weight is 353 g/mol. The van der Waals surface area contributed by atoms with E-state index in [1.807, 2.05) is 4.90 Å². The number of anilines is 1. The zero-order valence-corrected chi connectivity index (χ0v) is 13.6. The third kappa shape index (κ3) is 3.65. The number of aromatic nitrogens is 2. The van der Waals surface area contributed by atoms with Crippen molar-refractivity contribution in [2.24, 2.45) is 5.73 Å². The van der Waals surface area contributed by atoms with Crippen LogP contribution in [0.15, 0.2) is 30.6 Å². The Balaban J connectivity index is 1.67. The number of rotatable bonds is 4. The summed E-state index contributed by atoms with van der Waals surface area (Å²) >= 11 is 11.9. The van der Waals surface area contributed by atoms with Crippen molar-refractivity contribution >= 4 is 34.9 Å². The van der Waals surface area contributed by atoms with Crippen LogP contribution in [0.4, 0.5) is 5.82 Å². The molecule has 0 saturated carbocycles. The minimum absolute atomic E-state index is 0.00808. The molecule has 1 aromatic carbocycles. The van der Waals surface area contributed by atoms with Gasteiger partial charge in [0.05, 0.1) is 29.0 Å². The molecule has 2 N–H and O–H groups in total. The van der Waals surface area contributed by atoms with Crippen molar-refractivity contribution in [2.75, 3.05) is 18.0 Å². The number of primary amides is 1. The molecular formula is C15H14Cl2N4O2. The first-order valence-corrected chi connectivity index (χ1v) is 7.77. The Kier molecular flexibility index (Phi) is 4.54. The van der Waals surface area contributed by atoms with Crippen molar-refractivity contribution in [1.29, 1.82) is 0 Å². The number of amides is 1. The number of carbonyl (C=O) groups is 1. The Morgan fingerprint density at radius 3 is 2.87 bits per heavy atom. The van der Waals surface area contributed by atoms with Crippen LogP contribution in [0.1, 0.15) is 16.9 Å². The fraction of sp³-hybridized carbons (Fsp3) is 0.267. The van der Waals surface area contributed by atoms with Crippen molar-refractivity contribution in [3.05, 3.63) is 46.3 Å². The van der Waals surface area contributed by atoms with Gasteiger partial charge in [-0.05, 0) is 12.1 Å².